The summed E-state index contributed by atoms with van der Waals surface area (Å²) in [4.78, 5) is 13.7. The lowest BCUT2D eigenvalue weighted by molar-refractivity contribution is -0.123. The minimum absolute atomic E-state index is 0.0649. The number of benzene rings is 2. The van der Waals surface area contributed by atoms with E-state index in [1.165, 1.54) is 12.1 Å². The highest BCUT2D eigenvalue weighted by atomic mass is 32.2. The van der Waals surface area contributed by atoms with Crippen LogP contribution in [0.1, 0.15) is 5.56 Å². The average molecular weight is 320 g/mol. The quantitative estimate of drug-likeness (QED) is 0.788. The molecule has 2 aromatic carbocycles. The van der Waals surface area contributed by atoms with Gasteiger partial charge in [0, 0.05) is 0 Å². The Bertz CT molecular complexity index is 745. The van der Waals surface area contributed by atoms with Crippen LogP contribution in [0.2, 0.25) is 0 Å². The highest BCUT2D eigenvalue weighted by Crippen LogP contribution is 2.15. The Balaban J connectivity index is 1.87. The number of sulfonamides is 1. The first-order valence-electron chi connectivity index (χ1n) is 6.53. The van der Waals surface area contributed by atoms with Crippen molar-refractivity contribution >= 4 is 15.9 Å². The van der Waals surface area contributed by atoms with Gasteiger partial charge in [-0.1, -0.05) is 36.4 Å². The fourth-order valence-electron chi connectivity index (χ4n) is 1.68. The molecule has 0 aliphatic carbocycles. The Morgan fingerprint density at radius 2 is 1.68 bits per heavy atom. The van der Waals surface area contributed by atoms with Crippen molar-refractivity contribution in [3.63, 3.8) is 0 Å². The second-order valence-electron chi connectivity index (χ2n) is 4.52. The zero-order valence-corrected chi connectivity index (χ0v) is 12.8. The van der Waals surface area contributed by atoms with Crippen LogP contribution in [0.4, 0.5) is 0 Å². The van der Waals surface area contributed by atoms with Crippen molar-refractivity contribution in [2.75, 3.05) is 6.61 Å². The van der Waals surface area contributed by atoms with Gasteiger partial charge in [-0.15, -0.1) is 4.83 Å². The van der Waals surface area contributed by atoms with Crippen molar-refractivity contribution in [1.82, 2.24) is 10.3 Å². The van der Waals surface area contributed by atoms with E-state index in [4.69, 9.17) is 4.74 Å². The molecule has 0 heterocycles. The van der Waals surface area contributed by atoms with Crippen molar-refractivity contribution in [2.45, 2.75) is 11.8 Å². The van der Waals surface area contributed by atoms with Crippen LogP contribution in [0, 0.1) is 6.92 Å². The first-order valence-corrected chi connectivity index (χ1v) is 8.01. The topological polar surface area (TPSA) is 84.5 Å². The standard InChI is InChI=1S/C15H16N2O4S/c1-12-7-5-6-10-14(12)21-11-15(18)16-17-22(19,20)13-8-3-2-4-9-13/h2-10,17H,11H2,1H3,(H,16,18). The molecule has 6 nitrogen and oxygen atoms in total. The van der Waals surface area contributed by atoms with Gasteiger partial charge in [0.15, 0.2) is 6.61 Å². The number of hydrogen-bond acceptors (Lipinski definition) is 4. The molecule has 22 heavy (non-hydrogen) atoms. The monoisotopic (exact) mass is 320 g/mol. The largest absolute Gasteiger partial charge is 0.483 e. The maximum absolute atomic E-state index is 11.9. The number of nitrogens with one attached hydrogen (secondary N) is 2. The summed E-state index contributed by atoms with van der Waals surface area (Å²) in [5.74, 6) is -0.0219. The molecule has 0 fully saturated rings. The summed E-state index contributed by atoms with van der Waals surface area (Å²) in [6.45, 7) is 1.56. The maximum Gasteiger partial charge on any atom is 0.272 e. The molecule has 0 aromatic heterocycles. The molecule has 0 saturated heterocycles. The minimum atomic E-state index is -3.78. The number of rotatable bonds is 6. The molecular formula is C15H16N2O4S. The van der Waals surface area contributed by atoms with Gasteiger partial charge in [-0.05, 0) is 30.7 Å². The molecule has 0 aliphatic heterocycles. The molecule has 0 radical (unpaired) electrons. The molecule has 116 valence electrons. The van der Waals surface area contributed by atoms with E-state index >= 15 is 0 Å². The molecule has 0 bridgehead atoms. The van der Waals surface area contributed by atoms with Crippen molar-refractivity contribution in [3.8, 4) is 5.75 Å². The Morgan fingerprint density at radius 3 is 2.36 bits per heavy atom. The molecule has 0 spiro atoms. The summed E-state index contributed by atoms with van der Waals surface area (Å²) in [5, 5.41) is 0. The molecule has 0 unspecified atom stereocenters. The van der Waals surface area contributed by atoms with E-state index in [1.807, 2.05) is 23.9 Å². The molecule has 0 aliphatic rings. The van der Waals surface area contributed by atoms with Crippen molar-refractivity contribution in [3.05, 3.63) is 60.2 Å². The number of hydrogen-bond donors (Lipinski definition) is 2. The molecule has 7 heteroatoms. The molecule has 2 aromatic rings. The van der Waals surface area contributed by atoms with Crippen LogP contribution in [-0.4, -0.2) is 20.9 Å². The van der Waals surface area contributed by atoms with Crippen molar-refractivity contribution in [1.29, 1.82) is 0 Å². The van der Waals surface area contributed by atoms with Gasteiger partial charge in [-0.2, -0.15) is 0 Å². The normalized spacial score (nSPS) is 11.0. The summed E-state index contributed by atoms with van der Waals surface area (Å²) < 4.78 is 29.1. The van der Waals surface area contributed by atoms with Gasteiger partial charge in [-0.3, -0.25) is 10.2 Å². The third kappa shape index (κ3) is 4.31. The zero-order chi connectivity index (χ0) is 16.0. The molecule has 0 saturated carbocycles. The number of carbonyl (C=O) groups is 1. The fraction of sp³-hybridized carbons (Fsp3) is 0.133. The molecule has 0 atom stereocenters. The molecule has 2 N–H and O–H groups in total. The minimum Gasteiger partial charge on any atom is -0.483 e. The molecule has 1 amide bonds. The predicted molar refractivity (Wildman–Crippen MR) is 81.6 cm³/mol. The SMILES string of the molecule is Cc1ccccc1OCC(=O)NNS(=O)(=O)c1ccccc1. The van der Waals surface area contributed by atoms with Crippen LogP contribution in [0.15, 0.2) is 59.5 Å². The average Bonchev–Trinajstić information content (AvgIpc) is 2.53. The van der Waals surface area contributed by atoms with E-state index < -0.39 is 15.9 Å². The van der Waals surface area contributed by atoms with Gasteiger partial charge in [0.05, 0.1) is 4.90 Å². The lowest BCUT2D eigenvalue weighted by Crippen LogP contribution is -2.43. The number of hydrazine groups is 1. The number of aryl methyl sites for hydroxylation is 1. The van der Waals surface area contributed by atoms with Gasteiger partial charge in [0.2, 0.25) is 0 Å². The summed E-state index contributed by atoms with van der Waals surface area (Å²) in [5.41, 5.74) is 3.00. The van der Waals surface area contributed by atoms with Crippen molar-refractivity contribution < 1.29 is 17.9 Å². The Labute approximate surface area is 129 Å². The number of ether oxygens (including phenoxy) is 1. The highest BCUT2D eigenvalue weighted by molar-refractivity contribution is 7.89. The summed E-state index contributed by atoms with van der Waals surface area (Å²) >= 11 is 0. The first kappa shape index (κ1) is 16.0. The van der Waals surface area contributed by atoms with Crippen LogP contribution in [0.3, 0.4) is 0 Å². The van der Waals surface area contributed by atoms with E-state index in [2.05, 4.69) is 5.43 Å². The van der Waals surface area contributed by atoms with Crippen LogP contribution in [0.5, 0.6) is 5.75 Å². The lowest BCUT2D eigenvalue weighted by atomic mass is 10.2. The van der Waals surface area contributed by atoms with Gasteiger partial charge in [0.1, 0.15) is 5.75 Å². The summed E-state index contributed by atoms with van der Waals surface area (Å²) in [7, 11) is -3.78. The Hall–Kier alpha value is -2.38. The number of amides is 1. The van der Waals surface area contributed by atoms with Gasteiger partial charge < -0.3 is 4.74 Å². The van der Waals surface area contributed by atoms with Crippen LogP contribution >= 0.6 is 0 Å². The van der Waals surface area contributed by atoms with Gasteiger partial charge in [0.25, 0.3) is 15.9 Å². The summed E-state index contributed by atoms with van der Waals surface area (Å²) in [6.07, 6.45) is 0. The lowest BCUT2D eigenvalue weighted by Gasteiger charge is -2.10. The van der Waals surface area contributed by atoms with E-state index in [0.717, 1.165) is 5.56 Å². The first-order chi connectivity index (χ1) is 10.5. The Kier molecular flexibility index (Phi) is 5.13. The Morgan fingerprint density at radius 1 is 1.05 bits per heavy atom. The van der Waals surface area contributed by atoms with Gasteiger partial charge in [-0.25, -0.2) is 8.42 Å². The smallest absolute Gasteiger partial charge is 0.272 e. The van der Waals surface area contributed by atoms with Crippen LogP contribution < -0.4 is 15.0 Å². The molecule has 2 rings (SSSR count). The number of carbonyl (C=O) groups excluding carboxylic acids is 1. The third-order valence-corrected chi connectivity index (χ3v) is 4.09. The third-order valence-electron chi connectivity index (χ3n) is 2.83. The summed E-state index contributed by atoms with van der Waals surface area (Å²) in [6, 6.07) is 15.0. The maximum atomic E-state index is 11.9. The van der Waals surface area contributed by atoms with E-state index in [1.54, 1.807) is 30.3 Å². The second kappa shape index (κ2) is 7.06. The second-order valence-corrected chi connectivity index (χ2v) is 6.20. The van der Waals surface area contributed by atoms with E-state index in [0.29, 0.717) is 5.75 Å². The molecular weight excluding hydrogens is 304 g/mol. The highest BCUT2D eigenvalue weighted by Gasteiger charge is 2.14. The van der Waals surface area contributed by atoms with Crippen LogP contribution in [-0.2, 0) is 14.8 Å². The fourth-order valence-corrected chi connectivity index (χ4v) is 2.56. The van der Waals surface area contributed by atoms with Crippen molar-refractivity contribution in [2.24, 2.45) is 0 Å². The number of para-hydroxylation sites is 1. The van der Waals surface area contributed by atoms with E-state index in [-0.39, 0.29) is 11.5 Å². The zero-order valence-electron chi connectivity index (χ0n) is 11.9. The van der Waals surface area contributed by atoms with E-state index in [9.17, 15) is 13.2 Å². The van der Waals surface area contributed by atoms with Gasteiger partial charge >= 0.3 is 0 Å². The van der Waals surface area contributed by atoms with Crippen LogP contribution in [0.25, 0.3) is 0 Å². The predicted octanol–water partition coefficient (Wildman–Crippen LogP) is 1.38.